The Labute approximate surface area is 77.8 Å². The van der Waals surface area contributed by atoms with Crippen LogP contribution in [0.1, 0.15) is 24.6 Å². The number of hydrogen-bond donors (Lipinski definition) is 1. The SMILES string of the molecule is CC1(C)CNC[C@@H]1c1cccs1. The highest BCUT2D eigenvalue weighted by Gasteiger charge is 2.35. The van der Waals surface area contributed by atoms with Crippen LogP contribution < -0.4 is 5.32 Å². The number of thiophene rings is 1. The van der Waals surface area contributed by atoms with Crippen molar-refractivity contribution in [2.75, 3.05) is 13.1 Å². The van der Waals surface area contributed by atoms with Crippen LogP contribution in [0.25, 0.3) is 0 Å². The summed E-state index contributed by atoms with van der Waals surface area (Å²) in [5, 5.41) is 5.63. The second kappa shape index (κ2) is 2.86. The maximum absolute atomic E-state index is 3.46. The maximum atomic E-state index is 3.46. The lowest BCUT2D eigenvalue weighted by molar-refractivity contribution is 0.366. The first-order valence-electron chi connectivity index (χ1n) is 4.44. The minimum absolute atomic E-state index is 0.435. The molecule has 0 unspecified atom stereocenters. The first kappa shape index (κ1) is 8.27. The second-order valence-corrected chi connectivity index (χ2v) is 5.17. The largest absolute Gasteiger partial charge is 0.316 e. The van der Waals surface area contributed by atoms with Crippen LogP contribution in [0.4, 0.5) is 0 Å². The Hall–Kier alpha value is -0.340. The normalized spacial score (nSPS) is 27.7. The van der Waals surface area contributed by atoms with E-state index in [1.807, 2.05) is 11.3 Å². The molecule has 0 radical (unpaired) electrons. The van der Waals surface area contributed by atoms with E-state index in [0.29, 0.717) is 5.41 Å². The Morgan fingerprint density at radius 2 is 2.42 bits per heavy atom. The van der Waals surface area contributed by atoms with Crippen molar-refractivity contribution in [3.05, 3.63) is 22.4 Å². The summed E-state index contributed by atoms with van der Waals surface area (Å²) in [6.45, 7) is 6.98. The molecular formula is C10H15NS. The molecule has 1 aliphatic rings. The molecule has 1 fully saturated rings. The van der Waals surface area contributed by atoms with Crippen LogP contribution in [0.3, 0.4) is 0 Å². The van der Waals surface area contributed by atoms with Crippen molar-refractivity contribution in [3.8, 4) is 0 Å². The van der Waals surface area contributed by atoms with Gasteiger partial charge in [-0.15, -0.1) is 11.3 Å². The van der Waals surface area contributed by atoms with E-state index in [1.54, 1.807) is 0 Å². The van der Waals surface area contributed by atoms with E-state index in [4.69, 9.17) is 0 Å². The Morgan fingerprint density at radius 3 is 2.92 bits per heavy atom. The average molecular weight is 181 g/mol. The molecule has 0 spiro atoms. The van der Waals surface area contributed by atoms with Crippen molar-refractivity contribution in [2.45, 2.75) is 19.8 Å². The zero-order valence-electron chi connectivity index (χ0n) is 7.63. The van der Waals surface area contributed by atoms with Gasteiger partial charge in [-0.3, -0.25) is 0 Å². The summed E-state index contributed by atoms with van der Waals surface area (Å²) < 4.78 is 0. The molecule has 0 saturated carbocycles. The summed E-state index contributed by atoms with van der Waals surface area (Å²) >= 11 is 1.88. The standard InChI is InChI=1S/C10H15NS/c1-10(2)7-11-6-8(10)9-4-3-5-12-9/h3-5,8,11H,6-7H2,1-2H3/t8-/m1/s1. The molecule has 2 rings (SSSR count). The predicted octanol–water partition coefficient (Wildman–Crippen LogP) is 2.46. The monoisotopic (exact) mass is 181 g/mol. The Kier molecular flexibility index (Phi) is 1.97. The van der Waals surface area contributed by atoms with Gasteiger partial charge in [0.1, 0.15) is 0 Å². The quantitative estimate of drug-likeness (QED) is 0.702. The van der Waals surface area contributed by atoms with E-state index in [-0.39, 0.29) is 0 Å². The van der Waals surface area contributed by atoms with Gasteiger partial charge in [-0.2, -0.15) is 0 Å². The molecule has 1 atom stereocenters. The van der Waals surface area contributed by atoms with E-state index in [0.717, 1.165) is 19.0 Å². The number of nitrogens with one attached hydrogen (secondary N) is 1. The van der Waals surface area contributed by atoms with Gasteiger partial charge in [-0.1, -0.05) is 19.9 Å². The second-order valence-electron chi connectivity index (χ2n) is 4.19. The van der Waals surface area contributed by atoms with Crippen molar-refractivity contribution < 1.29 is 0 Å². The van der Waals surface area contributed by atoms with Crippen molar-refractivity contribution >= 4 is 11.3 Å². The molecule has 0 amide bonds. The zero-order valence-corrected chi connectivity index (χ0v) is 8.45. The zero-order chi connectivity index (χ0) is 8.60. The van der Waals surface area contributed by atoms with Gasteiger partial charge in [0.15, 0.2) is 0 Å². The van der Waals surface area contributed by atoms with Gasteiger partial charge in [-0.05, 0) is 16.9 Å². The summed E-state index contributed by atoms with van der Waals surface area (Å²) in [7, 11) is 0. The van der Waals surface area contributed by atoms with Crippen LogP contribution in [0.15, 0.2) is 17.5 Å². The van der Waals surface area contributed by atoms with Crippen LogP contribution in [0.2, 0.25) is 0 Å². The summed E-state index contributed by atoms with van der Waals surface area (Å²) in [4.78, 5) is 1.53. The first-order chi connectivity index (χ1) is 5.70. The molecule has 2 heterocycles. The molecule has 0 aliphatic carbocycles. The van der Waals surface area contributed by atoms with Gasteiger partial charge in [0.25, 0.3) is 0 Å². The average Bonchev–Trinajstić information content (AvgIpc) is 2.55. The molecule has 66 valence electrons. The van der Waals surface area contributed by atoms with Crippen molar-refractivity contribution in [2.24, 2.45) is 5.41 Å². The lowest BCUT2D eigenvalue weighted by Crippen LogP contribution is -2.19. The number of rotatable bonds is 1. The molecule has 1 saturated heterocycles. The van der Waals surface area contributed by atoms with Crippen LogP contribution in [0.5, 0.6) is 0 Å². The molecule has 1 aromatic rings. The lowest BCUT2D eigenvalue weighted by atomic mass is 9.81. The van der Waals surface area contributed by atoms with Crippen LogP contribution >= 0.6 is 11.3 Å². The Bertz CT molecular complexity index is 251. The van der Waals surface area contributed by atoms with Gasteiger partial charge in [-0.25, -0.2) is 0 Å². The molecule has 12 heavy (non-hydrogen) atoms. The van der Waals surface area contributed by atoms with E-state index in [1.165, 1.54) is 4.88 Å². The first-order valence-corrected chi connectivity index (χ1v) is 5.32. The molecule has 0 aromatic carbocycles. The summed E-state index contributed by atoms with van der Waals surface area (Å²) in [6, 6.07) is 4.40. The van der Waals surface area contributed by atoms with Gasteiger partial charge in [0.05, 0.1) is 0 Å². The molecular weight excluding hydrogens is 166 g/mol. The highest BCUT2D eigenvalue weighted by Crippen LogP contribution is 2.39. The third-order valence-electron chi connectivity index (χ3n) is 2.76. The van der Waals surface area contributed by atoms with Crippen molar-refractivity contribution in [3.63, 3.8) is 0 Å². The molecule has 1 aromatic heterocycles. The lowest BCUT2D eigenvalue weighted by Gasteiger charge is -2.24. The highest BCUT2D eigenvalue weighted by molar-refractivity contribution is 7.10. The van der Waals surface area contributed by atoms with Crippen molar-refractivity contribution in [1.29, 1.82) is 0 Å². The van der Waals surface area contributed by atoms with Crippen LogP contribution in [-0.2, 0) is 0 Å². The van der Waals surface area contributed by atoms with Gasteiger partial charge in [0.2, 0.25) is 0 Å². The van der Waals surface area contributed by atoms with Crippen molar-refractivity contribution in [1.82, 2.24) is 5.32 Å². The smallest absolute Gasteiger partial charge is 0.0121 e. The fourth-order valence-electron chi connectivity index (χ4n) is 1.91. The number of hydrogen-bond acceptors (Lipinski definition) is 2. The summed E-state index contributed by atoms with van der Waals surface area (Å²) in [5.74, 6) is 0.720. The minimum atomic E-state index is 0.435. The van der Waals surface area contributed by atoms with E-state index in [2.05, 4.69) is 36.7 Å². The molecule has 1 aliphatic heterocycles. The molecule has 0 bridgehead atoms. The van der Waals surface area contributed by atoms with Gasteiger partial charge >= 0.3 is 0 Å². The fraction of sp³-hybridized carbons (Fsp3) is 0.600. The molecule has 2 heteroatoms. The highest BCUT2D eigenvalue weighted by atomic mass is 32.1. The molecule has 1 N–H and O–H groups in total. The minimum Gasteiger partial charge on any atom is -0.316 e. The summed E-state index contributed by atoms with van der Waals surface area (Å²) in [5.41, 5.74) is 0.435. The maximum Gasteiger partial charge on any atom is 0.0121 e. The third-order valence-corrected chi connectivity index (χ3v) is 3.75. The Balaban J connectivity index is 2.25. The Morgan fingerprint density at radius 1 is 1.58 bits per heavy atom. The van der Waals surface area contributed by atoms with E-state index < -0.39 is 0 Å². The molecule has 1 nitrogen and oxygen atoms in total. The summed E-state index contributed by atoms with van der Waals surface area (Å²) in [6.07, 6.45) is 0. The van der Waals surface area contributed by atoms with Crippen LogP contribution in [0, 0.1) is 5.41 Å². The van der Waals surface area contributed by atoms with Gasteiger partial charge < -0.3 is 5.32 Å². The third kappa shape index (κ3) is 1.29. The van der Waals surface area contributed by atoms with E-state index in [9.17, 15) is 0 Å². The van der Waals surface area contributed by atoms with E-state index >= 15 is 0 Å². The van der Waals surface area contributed by atoms with Crippen LogP contribution in [-0.4, -0.2) is 13.1 Å². The topological polar surface area (TPSA) is 12.0 Å². The predicted molar refractivity (Wildman–Crippen MR) is 53.7 cm³/mol. The van der Waals surface area contributed by atoms with Gasteiger partial charge in [0, 0.05) is 23.9 Å². The fourth-order valence-corrected chi connectivity index (χ4v) is 2.95.